The zero-order valence-corrected chi connectivity index (χ0v) is 18.5. The van der Waals surface area contributed by atoms with E-state index in [0.717, 1.165) is 19.3 Å². The van der Waals surface area contributed by atoms with Gasteiger partial charge in [-0.05, 0) is 6.42 Å². The largest absolute Gasteiger partial charge is 0.433 e. The van der Waals surface area contributed by atoms with Gasteiger partial charge in [-0.1, -0.05) is 84.0 Å². The molecule has 0 radical (unpaired) electrons. The Bertz CT molecular complexity index is 407. The lowest BCUT2D eigenvalue weighted by Crippen LogP contribution is -2.50. The van der Waals surface area contributed by atoms with Gasteiger partial charge >= 0.3 is 5.97 Å². The monoisotopic (exact) mass is 436 g/mol. The summed E-state index contributed by atoms with van der Waals surface area (Å²) in [6, 6.07) is 0. The predicted molar refractivity (Wildman–Crippen MR) is 114 cm³/mol. The van der Waals surface area contributed by atoms with Crippen molar-refractivity contribution in [2.75, 3.05) is 6.61 Å². The fourth-order valence-electron chi connectivity index (χ4n) is 3.26. The van der Waals surface area contributed by atoms with Gasteiger partial charge in [-0.3, -0.25) is 4.79 Å². The van der Waals surface area contributed by atoms with Gasteiger partial charge in [0.05, 0.1) is 6.61 Å². The van der Waals surface area contributed by atoms with Gasteiger partial charge in [0.25, 0.3) is 0 Å². The van der Waals surface area contributed by atoms with E-state index in [4.69, 9.17) is 5.11 Å². The number of aliphatic hydroxyl groups is 6. The van der Waals surface area contributed by atoms with Crippen LogP contribution in [0.15, 0.2) is 0 Å². The SMILES string of the molecule is CCCCCCCCCCCCCCCC(=O)OC(O)[C@H](O)[C@@H](O)[C@@H](O)[C@@H](O)CO. The third kappa shape index (κ3) is 14.3. The van der Waals surface area contributed by atoms with Crippen molar-refractivity contribution in [2.45, 2.75) is 128 Å². The lowest BCUT2D eigenvalue weighted by Gasteiger charge is -2.28. The molecule has 0 aliphatic heterocycles. The quantitative estimate of drug-likeness (QED) is 0.0961. The Morgan fingerprint density at radius 3 is 1.53 bits per heavy atom. The zero-order chi connectivity index (χ0) is 22.8. The van der Waals surface area contributed by atoms with E-state index in [0.29, 0.717) is 6.42 Å². The first-order valence-electron chi connectivity index (χ1n) is 11.6. The molecule has 0 rings (SSSR count). The average molecular weight is 437 g/mol. The second-order valence-electron chi connectivity index (χ2n) is 8.09. The second kappa shape index (κ2) is 19.0. The van der Waals surface area contributed by atoms with E-state index in [1.807, 2.05) is 0 Å². The van der Waals surface area contributed by atoms with Gasteiger partial charge in [0.2, 0.25) is 6.29 Å². The van der Waals surface area contributed by atoms with Crippen LogP contribution in [-0.4, -0.2) is 73.9 Å². The number of hydrogen-bond donors (Lipinski definition) is 6. The van der Waals surface area contributed by atoms with Crippen LogP contribution < -0.4 is 0 Å². The third-order valence-corrected chi connectivity index (χ3v) is 5.31. The van der Waals surface area contributed by atoms with Crippen LogP contribution in [0.25, 0.3) is 0 Å². The Balaban J connectivity index is 3.69. The van der Waals surface area contributed by atoms with Crippen LogP contribution in [0.3, 0.4) is 0 Å². The Morgan fingerprint density at radius 1 is 0.667 bits per heavy atom. The molecule has 6 N–H and O–H groups in total. The molecular formula is C22H44O8. The van der Waals surface area contributed by atoms with Gasteiger partial charge in [0, 0.05) is 6.42 Å². The highest BCUT2D eigenvalue weighted by atomic mass is 16.6. The maximum absolute atomic E-state index is 11.7. The van der Waals surface area contributed by atoms with Crippen LogP contribution >= 0.6 is 0 Å². The highest BCUT2D eigenvalue weighted by Gasteiger charge is 2.35. The number of rotatable bonds is 20. The summed E-state index contributed by atoms with van der Waals surface area (Å²) in [4.78, 5) is 11.7. The van der Waals surface area contributed by atoms with Gasteiger partial charge in [0.15, 0.2) is 0 Å². The summed E-state index contributed by atoms with van der Waals surface area (Å²) in [5.74, 6) is -0.714. The molecule has 0 heterocycles. The summed E-state index contributed by atoms with van der Waals surface area (Å²) in [6.45, 7) is 1.39. The maximum Gasteiger partial charge on any atom is 0.308 e. The normalized spacial score (nSPS) is 16.6. The highest BCUT2D eigenvalue weighted by Crippen LogP contribution is 2.14. The van der Waals surface area contributed by atoms with Crippen LogP contribution in [0.5, 0.6) is 0 Å². The van der Waals surface area contributed by atoms with Crippen molar-refractivity contribution >= 4 is 5.97 Å². The minimum absolute atomic E-state index is 0.0828. The summed E-state index contributed by atoms with van der Waals surface area (Å²) in [5, 5.41) is 56.5. The summed E-state index contributed by atoms with van der Waals surface area (Å²) >= 11 is 0. The van der Waals surface area contributed by atoms with E-state index in [1.54, 1.807) is 0 Å². The molecule has 0 aromatic heterocycles. The van der Waals surface area contributed by atoms with E-state index in [-0.39, 0.29) is 6.42 Å². The van der Waals surface area contributed by atoms with Crippen molar-refractivity contribution in [1.82, 2.24) is 0 Å². The van der Waals surface area contributed by atoms with Crippen LogP contribution in [-0.2, 0) is 9.53 Å². The summed E-state index contributed by atoms with van der Waals surface area (Å²) in [5.41, 5.74) is 0. The lowest BCUT2D eigenvalue weighted by atomic mass is 10.0. The molecule has 180 valence electrons. The molecule has 0 saturated carbocycles. The van der Waals surface area contributed by atoms with E-state index < -0.39 is 43.3 Å². The summed E-state index contributed by atoms with van der Waals surface area (Å²) in [6.07, 6.45) is 5.82. The Kier molecular flexibility index (Phi) is 18.5. The number of carbonyl (C=O) groups excluding carboxylic acids is 1. The molecule has 0 saturated heterocycles. The van der Waals surface area contributed by atoms with Crippen molar-refractivity contribution in [3.8, 4) is 0 Å². The Morgan fingerprint density at radius 2 is 1.10 bits per heavy atom. The number of hydrogen-bond acceptors (Lipinski definition) is 8. The molecule has 8 nitrogen and oxygen atoms in total. The first-order valence-corrected chi connectivity index (χ1v) is 11.6. The molecule has 0 aliphatic carbocycles. The van der Waals surface area contributed by atoms with Crippen LogP contribution in [0, 0.1) is 0 Å². The Hall–Kier alpha value is -0.770. The van der Waals surface area contributed by atoms with Gasteiger partial charge in [-0.25, -0.2) is 0 Å². The predicted octanol–water partition coefficient (Wildman–Crippen LogP) is 1.77. The molecule has 0 spiro atoms. The minimum Gasteiger partial charge on any atom is -0.433 e. The van der Waals surface area contributed by atoms with Gasteiger partial charge < -0.3 is 35.4 Å². The highest BCUT2D eigenvalue weighted by molar-refractivity contribution is 5.69. The third-order valence-electron chi connectivity index (χ3n) is 5.31. The molecule has 8 heteroatoms. The van der Waals surface area contributed by atoms with E-state index >= 15 is 0 Å². The van der Waals surface area contributed by atoms with Gasteiger partial charge in [0.1, 0.15) is 24.4 Å². The Labute approximate surface area is 180 Å². The molecule has 1 unspecified atom stereocenters. The maximum atomic E-state index is 11.7. The zero-order valence-electron chi connectivity index (χ0n) is 18.5. The first kappa shape index (κ1) is 29.2. The number of carbonyl (C=O) groups is 1. The molecule has 0 fully saturated rings. The van der Waals surface area contributed by atoms with E-state index in [1.165, 1.54) is 57.8 Å². The standard InChI is InChI=1S/C22H44O8/c1-2-3-4-5-6-7-8-9-10-11-12-13-14-15-18(25)30-22(29)21(28)20(27)19(26)17(24)16-23/h17,19-24,26-29H,2-16H2,1H3/t17-,19-,20-,21+,22?/m0/s1. The molecule has 0 amide bonds. The van der Waals surface area contributed by atoms with Crippen molar-refractivity contribution in [2.24, 2.45) is 0 Å². The average Bonchev–Trinajstić information content (AvgIpc) is 2.74. The van der Waals surface area contributed by atoms with Gasteiger partial charge in [-0.15, -0.1) is 0 Å². The van der Waals surface area contributed by atoms with E-state index in [2.05, 4.69) is 11.7 Å². The smallest absolute Gasteiger partial charge is 0.308 e. The van der Waals surface area contributed by atoms with Crippen molar-refractivity contribution in [3.05, 3.63) is 0 Å². The molecule has 0 aliphatic rings. The molecule has 30 heavy (non-hydrogen) atoms. The fraction of sp³-hybridized carbons (Fsp3) is 0.955. The number of esters is 1. The molecule has 0 aromatic carbocycles. The first-order chi connectivity index (χ1) is 14.3. The number of aliphatic hydroxyl groups excluding tert-OH is 6. The van der Waals surface area contributed by atoms with Crippen molar-refractivity contribution in [3.63, 3.8) is 0 Å². The molecule has 0 bridgehead atoms. The van der Waals surface area contributed by atoms with Crippen molar-refractivity contribution < 1.29 is 40.2 Å². The van der Waals surface area contributed by atoms with Gasteiger partial charge in [-0.2, -0.15) is 0 Å². The van der Waals surface area contributed by atoms with Crippen molar-refractivity contribution in [1.29, 1.82) is 0 Å². The van der Waals surface area contributed by atoms with Crippen LogP contribution in [0.2, 0.25) is 0 Å². The second-order valence-corrected chi connectivity index (χ2v) is 8.09. The van der Waals surface area contributed by atoms with Crippen LogP contribution in [0.4, 0.5) is 0 Å². The molecule has 5 atom stereocenters. The van der Waals surface area contributed by atoms with Crippen LogP contribution in [0.1, 0.15) is 96.8 Å². The molecular weight excluding hydrogens is 392 g/mol. The minimum atomic E-state index is -2.03. The topological polar surface area (TPSA) is 148 Å². The number of ether oxygens (including phenoxy) is 1. The fourth-order valence-corrected chi connectivity index (χ4v) is 3.26. The summed E-state index contributed by atoms with van der Waals surface area (Å²) in [7, 11) is 0. The molecule has 0 aromatic rings. The lowest BCUT2D eigenvalue weighted by molar-refractivity contribution is -0.213. The number of unbranched alkanes of at least 4 members (excludes halogenated alkanes) is 12. The van der Waals surface area contributed by atoms with E-state index in [9.17, 15) is 30.3 Å². The summed E-state index contributed by atoms with van der Waals surface area (Å²) < 4.78 is 4.66.